The molecule has 10 heteroatoms. The molecule has 7 nitrogen and oxygen atoms in total. The van der Waals surface area contributed by atoms with Gasteiger partial charge in [0.2, 0.25) is 5.91 Å². The fourth-order valence-corrected chi connectivity index (χ4v) is 5.25. The molecule has 4 aromatic rings. The van der Waals surface area contributed by atoms with Crippen molar-refractivity contribution in [3.63, 3.8) is 0 Å². The third-order valence-electron chi connectivity index (χ3n) is 6.05. The normalized spacial score (nSPS) is 17.1. The summed E-state index contributed by atoms with van der Waals surface area (Å²) in [4.78, 5) is 18.6. The number of ether oxygens (including phenoxy) is 1. The number of hydrogen-bond donors (Lipinski definition) is 2. The van der Waals surface area contributed by atoms with E-state index in [1.165, 1.54) is 7.11 Å². The number of thiocarbonyl (C=S) groups is 1. The third kappa shape index (κ3) is 5.19. The van der Waals surface area contributed by atoms with Gasteiger partial charge in [-0.1, -0.05) is 35.3 Å². The molecule has 0 radical (unpaired) electrons. The molecule has 188 valence electrons. The molecule has 37 heavy (non-hydrogen) atoms. The molecular weight excluding hydrogens is 529 g/mol. The van der Waals surface area contributed by atoms with Crippen LogP contribution in [0.15, 0.2) is 85.2 Å². The Bertz CT molecular complexity index is 1450. The molecule has 2 aromatic heterocycles. The van der Waals surface area contributed by atoms with Crippen LogP contribution in [0.3, 0.4) is 0 Å². The van der Waals surface area contributed by atoms with E-state index < -0.39 is 0 Å². The van der Waals surface area contributed by atoms with Crippen molar-refractivity contribution in [2.24, 2.45) is 0 Å². The summed E-state index contributed by atoms with van der Waals surface area (Å²) in [6.07, 6.45) is 3.77. The van der Waals surface area contributed by atoms with Crippen molar-refractivity contribution >= 4 is 57.8 Å². The fraction of sp³-hybridized carbons (Fsp3) is 0.148. The highest BCUT2D eigenvalue weighted by molar-refractivity contribution is 7.80. The minimum absolute atomic E-state index is 0.0630. The average Bonchev–Trinajstić information content (AvgIpc) is 3.50. The van der Waals surface area contributed by atoms with Crippen LogP contribution in [-0.2, 0) is 9.53 Å². The Morgan fingerprint density at radius 3 is 2.68 bits per heavy atom. The Kier molecular flexibility index (Phi) is 7.43. The van der Waals surface area contributed by atoms with Gasteiger partial charge in [-0.2, -0.15) is 0 Å². The molecule has 0 bridgehead atoms. The number of carbonyl (C=O) groups is 1. The molecule has 2 unspecified atom stereocenters. The van der Waals surface area contributed by atoms with E-state index >= 15 is 0 Å². The summed E-state index contributed by atoms with van der Waals surface area (Å²) in [5.74, 6) is -0.289. The average molecular weight is 552 g/mol. The highest BCUT2D eigenvalue weighted by Gasteiger charge is 2.42. The molecule has 0 saturated carbocycles. The quantitative estimate of drug-likeness (QED) is 0.277. The van der Waals surface area contributed by atoms with Gasteiger partial charge >= 0.3 is 0 Å². The number of aromatic nitrogens is 2. The first-order chi connectivity index (χ1) is 18.0. The van der Waals surface area contributed by atoms with Gasteiger partial charge in [0, 0.05) is 41.6 Å². The van der Waals surface area contributed by atoms with Crippen molar-refractivity contribution in [3.8, 4) is 5.69 Å². The Balaban J connectivity index is 1.59. The first-order valence-electron chi connectivity index (χ1n) is 11.5. The summed E-state index contributed by atoms with van der Waals surface area (Å²) in [6.45, 7) is -0.0630. The largest absolute Gasteiger partial charge is 0.375 e. The van der Waals surface area contributed by atoms with Gasteiger partial charge in [0.25, 0.3) is 0 Å². The van der Waals surface area contributed by atoms with E-state index in [0.29, 0.717) is 20.8 Å². The highest BCUT2D eigenvalue weighted by atomic mass is 35.5. The van der Waals surface area contributed by atoms with Crippen molar-refractivity contribution in [1.29, 1.82) is 0 Å². The number of halogens is 2. The number of rotatable bonds is 7. The lowest BCUT2D eigenvalue weighted by molar-refractivity contribution is -0.119. The number of hydrogen-bond acceptors (Lipinski definition) is 4. The number of nitrogens with one attached hydrogen (secondary N) is 2. The SMILES string of the molecule is COCC(=O)Nc1ccc(N2C(=S)NC(c3ccccn3)C2c2cccn2-c2cccc(Cl)c2)cc1Cl. The van der Waals surface area contributed by atoms with Crippen molar-refractivity contribution in [1.82, 2.24) is 14.9 Å². The topological polar surface area (TPSA) is 71.4 Å². The lowest BCUT2D eigenvalue weighted by Crippen LogP contribution is -2.30. The summed E-state index contributed by atoms with van der Waals surface area (Å²) in [5, 5.41) is 7.78. The van der Waals surface area contributed by atoms with Crippen LogP contribution in [0.5, 0.6) is 0 Å². The maximum Gasteiger partial charge on any atom is 0.250 e. The van der Waals surface area contributed by atoms with Gasteiger partial charge in [0.1, 0.15) is 12.6 Å². The Hall–Kier alpha value is -3.43. The molecule has 1 aliphatic heterocycles. The zero-order valence-electron chi connectivity index (χ0n) is 19.8. The summed E-state index contributed by atoms with van der Waals surface area (Å²) in [7, 11) is 1.46. The summed E-state index contributed by atoms with van der Waals surface area (Å²) >= 11 is 18.7. The molecule has 1 fully saturated rings. The number of anilines is 2. The molecule has 1 aliphatic rings. The van der Waals surface area contributed by atoms with Crippen LogP contribution in [0.25, 0.3) is 5.69 Å². The van der Waals surface area contributed by atoms with E-state index in [9.17, 15) is 4.79 Å². The standard InChI is InChI=1S/C27H23Cl2N5O2S/c1-36-16-24(35)31-21-11-10-19(15-20(21)29)34-26(25(32-27(34)37)22-8-2-3-12-30-22)23-9-5-13-33(23)18-7-4-6-17(28)14-18/h2-15,25-26H,16H2,1H3,(H,31,35)(H,32,37). The third-order valence-corrected chi connectivity index (χ3v) is 6.91. The Labute approximate surface area is 230 Å². The lowest BCUT2D eigenvalue weighted by Gasteiger charge is -2.29. The highest BCUT2D eigenvalue weighted by Crippen LogP contribution is 2.43. The molecular formula is C27H23Cl2N5O2S. The van der Waals surface area contributed by atoms with Crippen LogP contribution >= 0.6 is 35.4 Å². The summed E-state index contributed by atoms with van der Waals surface area (Å²) in [5.41, 5.74) is 4.03. The smallest absolute Gasteiger partial charge is 0.250 e. The van der Waals surface area contributed by atoms with E-state index in [-0.39, 0.29) is 24.6 Å². The molecule has 3 heterocycles. The number of carbonyl (C=O) groups excluding carboxylic acids is 1. The zero-order chi connectivity index (χ0) is 25.9. The van der Waals surface area contributed by atoms with Crippen molar-refractivity contribution < 1.29 is 9.53 Å². The number of amides is 1. The monoisotopic (exact) mass is 551 g/mol. The first kappa shape index (κ1) is 25.2. The number of pyridine rings is 1. The van der Waals surface area contributed by atoms with Gasteiger partial charge < -0.3 is 24.8 Å². The van der Waals surface area contributed by atoms with Gasteiger partial charge in [0.05, 0.1) is 22.4 Å². The van der Waals surface area contributed by atoms with Crippen LogP contribution in [0.2, 0.25) is 10.0 Å². The molecule has 5 rings (SSSR count). The van der Waals surface area contributed by atoms with Gasteiger partial charge in [-0.15, -0.1) is 0 Å². The second kappa shape index (κ2) is 10.9. The Morgan fingerprint density at radius 2 is 1.95 bits per heavy atom. The first-order valence-corrected chi connectivity index (χ1v) is 12.6. The molecule has 2 N–H and O–H groups in total. The van der Waals surface area contributed by atoms with Crippen molar-refractivity contribution in [2.75, 3.05) is 23.9 Å². The number of benzene rings is 2. The van der Waals surface area contributed by atoms with Gasteiger partial charge in [-0.05, 0) is 72.9 Å². The molecule has 2 aromatic carbocycles. The second-order valence-electron chi connectivity index (χ2n) is 8.42. The predicted molar refractivity (Wildman–Crippen MR) is 151 cm³/mol. The molecule has 1 amide bonds. The summed E-state index contributed by atoms with van der Waals surface area (Å²) < 4.78 is 6.99. The number of nitrogens with zero attached hydrogens (tertiary/aromatic N) is 3. The van der Waals surface area contributed by atoms with Crippen LogP contribution in [-0.4, -0.2) is 34.3 Å². The minimum atomic E-state index is -0.289. The predicted octanol–water partition coefficient (Wildman–Crippen LogP) is 5.94. The second-order valence-corrected chi connectivity index (χ2v) is 9.66. The minimum Gasteiger partial charge on any atom is -0.375 e. The summed E-state index contributed by atoms with van der Waals surface area (Å²) in [6, 6.07) is 22.5. The van der Waals surface area contributed by atoms with Crippen LogP contribution in [0.1, 0.15) is 23.5 Å². The van der Waals surface area contributed by atoms with E-state index in [1.54, 1.807) is 18.3 Å². The van der Waals surface area contributed by atoms with E-state index in [1.807, 2.05) is 65.7 Å². The fourth-order valence-electron chi connectivity index (χ4n) is 4.50. The molecule has 0 spiro atoms. The van der Waals surface area contributed by atoms with E-state index in [2.05, 4.69) is 26.3 Å². The molecule has 0 aliphatic carbocycles. The van der Waals surface area contributed by atoms with E-state index in [4.69, 9.17) is 40.2 Å². The molecule has 1 saturated heterocycles. The van der Waals surface area contributed by atoms with Crippen LogP contribution < -0.4 is 15.5 Å². The van der Waals surface area contributed by atoms with Gasteiger partial charge in [-0.25, -0.2) is 0 Å². The van der Waals surface area contributed by atoms with Crippen LogP contribution in [0, 0.1) is 0 Å². The lowest BCUT2D eigenvalue weighted by atomic mass is 10.0. The van der Waals surface area contributed by atoms with Crippen molar-refractivity contribution in [2.45, 2.75) is 12.1 Å². The van der Waals surface area contributed by atoms with E-state index in [0.717, 1.165) is 22.8 Å². The maximum absolute atomic E-state index is 12.0. The van der Waals surface area contributed by atoms with Gasteiger partial charge in [0.15, 0.2) is 5.11 Å². The van der Waals surface area contributed by atoms with Crippen LogP contribution in [0.4, 0.5) is 11.4 Å². The number of methoxy groups -OCH3 is 1. The van der Waals surface area contributed by atoms with Gasteiger partial charge in [-0.3, -0.25) is 9.78 Å². The van der Waals surface area contributed by atoms with Crippen molar-refractivity contribution in [3.05, 3.63) is 107 Å². The molecule has 2 atom stereocenters. The maximum atomic E-state index is 12.0. The Morgan fingerprint density at radius 1 is 1.08 bits per heavy atom. The zero-order valence-corrected chi connectivity index (χ0v) is 22.1.